The molecular formula is C13H30OSi. The molecule has 15 heavy (non-hydrogen) atoms. The van der Waals surface area contributed by atoms with Gasteiger partial charge in [-0.25, -0.2) is 0 Å². The predicted octanol–water partition coefficient (Wildman–Crippen LogP) is 4.98. The van der Waals surface area contributed by atoms with Gasteiger partial charge in [0.25, 0.3) is 0 Å². The second-order valence-electron chi connectivity index (χ2n) is 4.93. The van der Waals surface area contributed by atoms with E-state index in [1.165, 1.54) is 44.2 Å². The molecule has 0 aromatic heterocycles. The van der Waals surface area contributed by atoms with Gasteiger partial charge in [-0.1, -0.05) is 46.5 Å². The van der Waals surface area contributed by atoms with Gasteiger partial charge in [-0.3, -0.25) is 0 Å². The highest BCUT2D eigenvalue weighted by Crippen LogP contribution is 2.20. The Morgan fingerprint density at radius 1 is 1.00 bits per heavy atom. The van der Waals surface area contributed by atoms with Crippen molar-refractivity contribution < 1.29 is 4.43 Å². The normalized spacial score (nSPS) is 14.2. The summed E-state index contributed by atoms with van der Waals surface area (Å²) in [6, 6.07) is 2.51. The smallest absolute Gasteiger partial charge is 0.189 e. The van der Waals surface area contributed by atoms with Crippen LogP contribution in [0.3, 0.4) is 0 Å². The fraction of sp³-hybridized carbons (Fsp3) is 1.00. The molecule has 0 heterocycles. The minimum absolute atomic E-state index is 0.485. The molecule has 92 valence electrons. The maximum atomic E-state index is 6.26. The van der Waals surface area contributed by atoms with Crippen LogP contribution in [0.2, 0.25) is 18.6 Å². The van der Waals surface area contributed by atoms with E-state index in [-0.39, 0.29) is 0 Å². The van der Waals surface area contributed by atoms with Gasteiger partial charge in [-0.05, 0) is 32.0 Å². The Morgan fingerprint density at radius 2 is 1.60 bits per heavy atom. The second-order valence-corrected chi connectivity index (χ2v) is 9.48. The van der Waals surface area contributed by atoms with E-state index >= 15 is 0 Å². The summed E-state index contributed by atoms with van der Waals surface area (Å²) in [6.07, 6.45) is 7.16. The number of hydrogen-bond acceptors (Lipinski definition) is 1. The summed E-state index contributed by atoms with van der Waals surface area (Å²) in [6.45, 7) is 11.4. The first kappa shape index (κ1) is 15.2. The van der Waals surface area contributed by atoms with Gasteiger partial charge in [0.15, 0.2) is 8.32 Å². The first-order valence-corrected chi connectivity index (χ1v) is 9.58. The number of rotatable bonds is 9. The highest BCUT2D eigenvalue weighted by atomic mass is 28.4. The molecule has 0 N–H and O–H groups in total. The lowest BCUT2D eigenvalue weighted by molar-refractivity contribution is 0.194. The van der Waals surface area contributed by atoms with Gasteiger partial charge < -0.3 is 4.43 Å². The lowest BCUT2D eigenvalue weighted by Gasteiger charge is -2.29. The van der Waals surface area contributed by atoms with Gasteiger partial charge in [-0.15, -0.1) is 0 Å². The minimum Gasteiger partial charge on any atom is -0.415 e. The van der Waals surface area contributed by atoms with E-state index in [4.69, 9.17) is 4.43 Å². The van der Waals surface area contributed by atoms with Gasteiger partial charge in [0.05, 0.1) is 0 Å². The molecule has 1 nitrogen and oxygen atoms in total. The van der Waals surface area contributed by atoms with Gasteiger partial charge in [0, 0.05) is 6.10 Å². The Hall–Kier alpha value is 0.177. The average molecular weight is 230 g/mol. The summed E-state index contributed by atoms with van der Waals surface area (Å²) in [7, 11) is -1.33. The molecule has 0 aromatic carbocycles. The van der Waals surface area contributed by atoms with Crippen molar-refractivity contribution in [1.29, 1.82) is 0 Å². The van der Waals surface area contributed by atoms with Crippen molar-refractivity contribution in [2.24, 2.45) is 0 Å². The summed E-state index contributed by atoms with van der Waals surface area (Å²) in [5.41, 5.74) is 0. The van der Waals surface area contributed by atoms with Crippen LogP contribution in [-0.2, 0) is 4.43 Å². The monoisotopic (exact) mass is 230 g/mol. The molecule has 0 amide bonds. The van der Waals surface area contributed by atoms with E-state index in [1.807, 2.05) is 0 Å². The zero-order valence-corrected chi connectivity index (χ0v) is 12.4. The van der Waals surface area contributed by atoms with E-state index < -0.39 is 8.32 Å². The lowest BCUT2D eigenvalue weighted by atomic mass is 10.1. The first-order valence-electron chi connectivity index (χ1n) is 6.75. The summed E-state index contributed by atoms with van der Waals surface area (Å²) in [5, 5.41) is 0. The molecule has 0 radical (unpaired) electrons. The Bertz CT molecular complexity index is 143. The molecule has 2 heteroatoms. The van der Waals surface area contributed by atoms with Gasteiger partial charge in [-0.2, -0.15) is 0 Å². The maximum Gasteiger partial charge on any atom is 0.189 e. The van der Waals surface area contributed by atoms with Crippen molar-refractivity contribution >= 4 is 8.32 Å². The van der Waals surface area contributed by atoms with Crippen LogP contribution in [0.15, 0.2) is 0 Å². The van der Waals surface area contributed by atoms with E-state index in [1.54, 1.807) is 0 Å². The molecule has 0 aliphatic carbocycles. The van der Waals surface area contributed by atoms with Gasteiger partial charge in [0.1, 0.15) is 0 Å². The van der Waals surface area contributed by atoms with Crippen LogP contribution in [0.1, 0.15) is 59.8 Å². The maximum absolute atomic E-state index is 6.26. The number of unbranched alkanes of at least 4 members (excludes halogenated alkanes) is 3. The van der Waals surface area contributed by atoms with E-state index in [2.05, 4.69) is 34.2 Å². The summed E-state index contributed by atoms with van der Waals surface area (Å²) in [4.78, 5) is 0. The van der Waals surface area contributed by atoms with Crippen LogP contribution in [0, 0.1) is 0 Å². The molecule has 1 atom stereocenters. The summed E-state index contributed by atoms with van der Waals surface area (Å²) in [5.74, 6) is 0. The molecular weight excluding hydrogens is 200 g/mol. The summed E-state index contributed by atoms with van der Waals surface area (Å²) >= 11 is 0. The molecule has 0 rings (SSSR count). The molecule has 0 aliphatic rings. The molecule has 0 saturated carbocycles. The Morgan fingerprint density at radius 3 is 2.07 bits per heavy atom. The predicted molar refractivity (Wildman–Crippen MR) is 71.9 cm³/mol. The average Bonchev–Trinajstić information content (AvgIpc) is 2.24. The van der Waals surface area contributed by atoms with Crippen molar-refractivity contribution in [3.8, 4) is 0 Å². The van der Waals surface area contributed by atoms with Crippen LogP contribution in [0.5, 0.6) is 0 Å². The zero-order valence-electron chi connectivity index (χ0n) is 11.4. The Labute approximate surface area is 97.7 Å². The fourth-order valence-corrected chi connectivity index (χ4v) is 3.74. The van der Waals surface area contributed by atoms with E-state index in [0.29, 0.717) is 6.10 Å². The Balaban J connectivity index is 3.67. The first-order chi connectivity index (χ1) is 7.08. The van der Waals surface area contributed by atoms with Crippen molar-refractivity contribution in [3.63, 3.8) is 0 Å². The third-order valence-corrected chi connectivity index (χ3v) is 7.41. The fourth-order valence-electron chi connectivity index (χ4n) is 1.82. The molecule has 0 aliphatic heterocycles. The molecule has 1 unspecified atom stereocenters. The standard InChI is InChI=1S/C13H30OSi/c1-6-9-10-11-12-13(4)14-15(5,7-2)8-3/h13H,6-12H2,1-5H3. The number of hydrogen-bond donors (Lipinski definition) is 0. The van der Waals surface area contributed by atoms with Crippen LogP contribution in [0.25, 0.3) is 0 Å². The largest absolute Gasteiger partial charge is 0.415 e. The SMILES string of the molecule is CCCCCCC(C)O[Si](C)(CC)CC. The second kappa shape index (κ2) is 8.34. The van der Waals surface area contributed by atoms with Crippen LogP contribution >= 0.6 is 0 Å². The van der Waals surface area contributed by atoms with Crippen molar-refractivity contribution in [3.05, 3.63) is 0 Å². The molecule has 0 fully saturated rings. The minimum atomic E-state index is -1.33. The molecule has 0 aromatic rings. The van der Waals surface area contributed by atoms with E-state index in [9.17, 15) is 0 Å². The van der Waals surface area contributed by atoms with Gasteiger partial charge >= 0.3 is 0 Å². The van der Waals surface area contributed by atoms with Crippen LogP contribution < -0.4 is 0 Å². The third-order valence-electron chi connectivity index (χ3n) is 3.45. The van der Waals surface area contributed by atoms with Crippen LogP contribution in [-0.4, -0.2) is 14.4 Å². The van der Waals surface area contributed by atoms with Crippen molar-refractivity contribution in [2.45, 2.75) is 84.5 Å². The van der Waals surface area contributed by atoms with Crippen molar-refractivity contribution in [2.75, 3.05) is 0 Å². The van der Waals surface area contributed by atoms with Crippen molar-refractivity contribution in [1.82, 2.24) is 0 Å². The topological polar surface area (TPSA) is 9.23 Å². The van der Waals surface area contributed by atoms with Gasteiger partial charge in [0.2, 0.25) is 0 Å². The highest BCUT2D eigenvalue weighted by molar-refractivity contribution is 6.72. The third kappa shape index (κ3) is 7.12. The van der Waals surface area contributed by atoms with Crippen LogP contribution in [0.4, 0.5) is 0 Å². The van der Waals surface area contributed by atoms with E-state index in [0.717, 1.165) is 0 Å². The quantitative estimate of drug-likeness (QED) is 0.401. The molecule has 0 bridgehead atoms. The molecule has 0 spiro atoms. The molecule has 0 saturated heterocycles. The summed E-state index contributed by atoms with van der Waals surface area (Å²) < 4.78 is 6.26. The highest BCUT2D eigenvalue weighted by Gasteiger charge is 2.26. The lowest BCUT2D eigenvalue weighted by Crippen LogP contribution is -2.36. The zero-order chi connectivity index (χ0) is 11.7. The Kier molecular flexibility index (Phi) is 8.44.